The molecule has 0 saturated carbocycles. The monoisotopic (exact) mass is 383 g/mol. The molecular weight excluding hydrogens is 362 g/mol. The largest absolute Gasteiger partial charge is 0.466 e. The van der Waals surface area contributed by atoms with E-state index in [0.717, 1.165) is 35.7 Å². The Morgan fingerprint density at radius 2 is 1.78 bits per heavy atom. The van der Waals surface area contributed by atoms with Gasteiger partial charge in [-0.15, -0.1) is 10.2 Å². The highest BCUT2D eigenvalue weighted by atomic mass is 35.5. The van der Waals surface area contributed by atoms with Crippen molar-refractivity contribution in [2.75, 3.05) is 18.0 Å². The average Bonchev–Trinajstić information content (AvgIpc) is 3.29. The molecule has 0 radical (unpaired) electrons. The van der Waals surface area contributed by atoms with Crippen LogP contribution in [-0.4, -0.2) is 23.3 Å². The molecule has 2 aromatic heterocycles. The number of halogens is 1. The molecule has 6 heteroatoms. The topological polar surface area (TPSA) is 55.3 Å². The van der Waals surface area contributed by atoms with E-state index in [2.05, 4.69) is 39.4 Å². The number of furan rings is 1. The van der Waals surface area contributed by atoms with Crippen molar-refractivity contribution in [1.29, 1.82) is 0 Å². The lowest BCUT2D eigenvalue weighted by molar-refractivity contribution is 0.502. The van der Waals surface area contributed by atoms with Crippen molar-refractivity contribution >= 4 is 28.4 Å². The molecule has 27 heavy (non-hydrogen) atoms. The number of anilines is 1. The fraction of sp³-hybridized carbons (Fsp3) is 0.333. The quantitative estimate of drug-likeness (QED) is 0.580. The second-order valence-electron chi connectivity index (χ2n) is 6.87. The van der Waals surface area contributed by atoms with Crippen molar-refractivity contribution in [1.82, 2.24) is 10.2 Å². The molecule has 0 N–H and O–H groups in total. The maximum atomic E-state index is 6.41. The maximum Gasteiger partial charge on any atom is 0.259 e. The SMILES string of the molecule is Cc1cc(-c2nnc(/C(Cl)=C/c3ccc(N4CCCCC4)cc3)o2)c(C)o1. The van der Waals surface area contributed by atoms with Gasteiger partial charge in [-0.05, 0) is 62.9 Å². The van der Waals surface area contributed by atoms with Crippen molar-refractivity contribution in [2.24, 2.45) is 0 Å². The number of hydrogen-bond acceptors (Lipinski definition) is 5. The molecule has 1 fully saturated rings. The van der Waals surface area contributed by atoms with Gasteiger partial charge >= 0.3 is 0 Å². The van der Waals surface area contributed by atoms with E-state index >= 15 is 0 Å². The average molecular weight is 384 g/mol. The third-order valence-electron chi connectivity index (χ3n) is 4.81. The minimum Gasteiger partial charge on any atom is -0.466 e. The molecule has 1 aliphatic heterocycles. The second kappa shape index (κ2) is 7.61. The zero-order valence-corrected chi connectivity index (χ0v) is 16.3. The van der Waals surface area contributed by atoms with Crippen molar-refractivity contribution in [3.63, 3.8) is 0 Å². The molecule has 1 aromatic carbocycles. The Balaban J connectivity index is 1.51. The number of aryl methyl sites for hydroxylation is 2. The van der Waals surface area contributed by atoms with Crippen LogP contribution in [0.2, 0.25) is 0 Å². The highest BCUT2D eigenvalue weighted by Crippen LogP contribution is 2.29. The third kappa shape index (κ3) is 3.93. The van der Waals surface area contributed by atoms with Crippen LogP contribution in [0.15, 0.2) is 39.2 Å². The summed E-state index contributed by atoms with van der Waals surface area (Å²) >= 11 is 6.41. The first-order valence-corrected chi connectivity index (χ1v) is 9.61. The fourth-order valence-electron chi connectivity index (χ4n) is 3.41. The Hall–Kier alpha value is -2.53. The molecule has 4 rings (SSSR count). The Kier molecular flexibility index (Phi) is 5.03. The Labute approximate surface area is 163 Å². The smallest absolute Gasteiger partial charge is 0.259 e. The van der Waals surface area contributed by atoms with Crippen molar-refractivity contribution in [2.45, 2.75) is 33.1 Å². The molecule has 0 bridgehead atoms. The van der Waals surface area contributed by atoms with Crippen molar-refractivity contribution in [3.05, 3.63) is 53.3 Å². The van der Waals surface area contributed by atoms with Gasteiger partial charge in [-0.25, -0.2) is 0 Å². The first kappa shape index (κ1) is 17.9. The van der Waals surface area contributed by atoms with Gasteiger partial charge in [0.25, 0.3) is 11.8 Å². The van der Waals surface area contributed by atoms with E-state index in [-0.39, 0.29) is 0 Å². The first-order chi connectivity index (χ1) is 13.1. The molecule has 140 valence electrons. The zero-order valence-electron chi connectivity index (χ0n) is 15.5. The number of rotatable bonds is 4. The number of piperidine rings is 1. The fourth-order valence-corrected chi connectivity index (χ4v) is 3.62. The molecule has 0 unspecified atom stereocenters. The lowest BCUT2D eigenvalue weighted by Gasteiger charge is -2.28. The summed E-state index contributed by atoms with van der Waals surface area (Å²) < 4.78 is 11.2. The summed E-state index contributed by atoms with van der Waals surface area (Å²) in [7, 11) is 0. The van der Waals surface area contributed by atoms with Gasteiger partial charge in [0.2, 0.25) is 0 Å². The molecule has 1 aliphatic rings. The number of hydrogen-bond donors (Lipinski definition) is 0. The molecular formula is C21H22ClN3O2. The number of aromatic nitrogens is 2. The van der Waals surface area contributed by atoms with Crippen LogP contribution >= 0.6 is 11.6 Å². The molecule has 1 saturated heterocycles. The van der Waals surface area contributed by atoms with Gasteiger partial charge in [0, 0.05) is 18.8 Å². The van der Waals surface area contributed by atoms with E-state index in [1.165, 1.54) is 24.9 Å². The first-order valence-electron chi connectivity index (χ1n) is 9.23. The summed E-state index contributed by atoms with van der Waals surface area (Å²) in [5, 5.41) is 8.57. The van der Waals surface area contributed by atoms with Gasteiger partial charge in [-0.1, -0.05) is 23.7 Å². The van der Waals surface area contributed by atoms with E-state index in [0.29, 0.717) is 16.8 Å². The summed E-state index contributed by atoms with van der Waals surface area (Å²) in [6.07, 6.45) is 5.70. The van der Waals surface area contributed by atoms with Gasteiger partial charge in [-0.2, -0.15) is 0 Å². The van der Waals surface area contributed by atoms with Crippen LogP contribution in [0.4, 0.5) is 5.69 Å². The van der Waals surface area contributed by atoms with Gasteiger partial charge in [-0.3, -0.25) is 0 Å². The predicted molar refractivity (Wildman–Crippen MR) is 108 cm³/mol. The Morgan fingerprint density at radius 3 is 2.44 bits per heavy atom. The van der Waals surface area contributed by atoms with Crippen LogP contribution in [0.25, 0.3) is 22.6 Å². The van der Waals surface area contributed by atoms with E-state index < -0.39 is 0 Å². The maximum absolute atomic E-state index is 6.41. The lowest BCUT2D eigenvalue weighted by atomic mass is 10.1. The van der Waals surface area contributed by atoms with Gasteiger partial charge < -0.3 is 13.7 Å². The van der Waals surface area contributed by atoms with Gasteiger partial charge in [0.15, 0.2) is 0 Å². The second-order valence-corrected chi connectivity index (χ2v) is 7.28. The van der Waals surface area contributed by atoms with E-state index in [9.17, 15) is 0 Å². The normalized spacial score (nSPS) is 15.4. The molecule has 0 aliphatic carbocycles. The summed E-state index contributed by atoms with van der Waals surface area (Å²) in [6, 6.07) is 10.3. The van der Waals surface area contributed by atoms with Crippen LogP contribution < -0.4 is 4.90 Å². The lowest BCUT2D eigenvalue weighted by Crippen LogP contribution is -2.29. The van der Waals surface area contributed by atoms with E-state index in [1.807, 2.05) is 26.0 Å². The minimum atomic E-state index is 0.296. The summed E-state index contributed by atoms with van der Waals surface area (Å²) in [6.45, 7) is 6.02. The van der Waals surface area contributed by atoms with Gasteiger partial charge in [0.1, 0.15) is 16.6 Å². The molecule has 5 nitrogen and oxygen atoms in total. The highest BCUT2D eigenvalue weighted by molar-refractivity contribution is 6.50. The zero-order chi connectivity index (χ0) is 18.8. The molecule has 3 heterocycles. The van der Waals surface area contributed by atoms with E-state index in [1.54, 1.807) is 0 Å². The molecule has 3 aromatic rings. The van der Waals surface area contributed by atoms with Gasteiger partial charge in [0.05, 0.1) is 5.56 Å². The van der Waals surface area contributed by atoms with Crippen LogP contribution in [0.3, 0.4) is 0 Å². The van der Waals surface area contributed by atoms with Crippen LogP contribution in [0, 0.1) is 13.8 Å². The van der Waals surface area contributed by atoms with Crippen LogP contribution in [0.1, 0.15) is 42.2 Å². The molecule has 0 amide bonds. The highest BCUT2D eigenvalue weighted by Gasteiger charge is 2.16. The van der Waals surface area contributed by atoms with E-state index in [4.69, 9.17) is 20.4 Å². The van der Waals surface area contributed by atoms with Crippen molar-refractivity contribution in [3.8, 4) is 11.5 Å². The molecule has 0 atom stereocenters. The Bertz CT molecular complexity index is 950. The summed E-state index contributed by atoms with van der Waals surface area (Å²) in [4.78, 5) is 2.43. The summed E-state index contributed by atoms with van der Waals surface area (Å²) in [5.74, 6) is 2.25. The Morgan fingerprint density at radius 1 is 1.04 bits per heavy atom. The third-order valence-corrected chi connectivity index (χ3v) is 5.08. The van der Waals surface area contributed by atoms with Crippen LogP contribution in [-0.2, 0) is 0 Å². The standard InChI is InChI=1S/C21H22ClN3O2/c1-14-12-18(15(2)26-14)20-23-24-21(27-20)19(22)13-16-6-8-17(9-7-16)25-10-4-3-5-11-25/h6-9,12-13H,3-5,10-11H2,1-2H3/b19-13-. The van der Waals surface area contributed by atoms with Crippen molar-refractivity contribution < 1.29 is 8.83 Å². The minimum absolute atomic E-state index is 0.296. The predicted octanol–water partition coefficient (Wildman–Crippen LogP) is 5.67. The number of nitrogens with zero attached hydrogens (tertiary/aromatic N) is 3. The number of benzene rings is 1. The molecule has 0 spiro atoms. The van der Waals surface area contributed by atoms with Crippen LogP contribution in [0.5, 0.6) is 0 Å². The summed E-state index contributed by atoms with van der Waals surface area (Å²) in [5.41, 5.74) is 3.05.